The molecule has 0 radical (unpaired) electrons. The molecule has 3 rings (SSSR count). The molecule has 0 spiro atoms. The lowest BCUT2D eigenvalue weighted by atomic mass is 10.2. The lowest BCUT2D eigenvalue weighted by Gasteiger charge is -2.20. The smallest absolute Gasteiger partial charge is 0.337 e. The molecule has 2 amide bonds. The van der Waals surface area contributed by atoms with E-state index in [4.69, 9.17) is 16.3 Å². The average Bonchev–Trinajstić information content (AvgIpc) is 3.10. The molecule has 3 N–H and O–H groups in total. The minimum atomic E-state index is -0.443. The highest BCUT2D eigenvalue weighted by Gasteiger charge is 2.24. The summed E-state index contributed by atoms with van der Waals surface area (Å²) in [5, 5.41) is 17.9. The van der Waals surface area contributed by atoms with Gasteiger partial charge in [-0.3, -0.25) is 0 Å². The van der Waals surface area contributed by atoms with Crippen molar-refractivity contribution in [1.82, 2.24) is 20.8 Å². The van der Waals surface area contributed by atoms with Gasteiger partial charge in [-0.15, -0.1) is 10.2 Å². The fraction of sp³-hybridized carbons (Fsp3) is 0.294. The topological polar surface area (TPSA) is 105 Å². The van der Waals surface area contributed by atoms with Gasteiger partial charge < -0.3 is 20.7 Å². The van der Waals surface area contributed by atoms with Crippen molar-refractivity contribution in [2.24, 2.45) is 0 Å². The third kappa shape index (κ3) is 5.15. The van der Waals surface area contributed by atoms with Crippen molar-refractivity contribution in [2.45, 2.75) is 18.2 Å². The van der Waals surface area contributed by atoms with Crippen LogP contribution in [0, 0.1) is 6.92 Å². The largest absolute Gasteiger partial charge is 0.463 e. The molecule has 2 heterocycles. The Morgan fingerprint density at radius 1 is 1.43 bits per heavy atom. The highest BCUT2D eigenvalue weighted by Crippen LogP contribution is 2.30. The highest BCUT2D eigenvalue weighted by molar-refractivity contribution is 8.01. The third-order valence-corrected chi connectivity index (χ3v) is 6.15. The first kappa shape index (κ1) is 20.4. The van der Waals surface area contributed by atoms with E-state index in [0.29, 0.717) is 31.5 Å². The summed E-state index contributed by atoms with van der Waals surface area (Å²) < 4.78 is 5.74. The SMILES string of the molecule is CCOC(=O)C1=C(CSc2nnc(Nc3ccc(C)c(Cl)c3)s2)NC(=O)NC1. The van der Waals surface area contributed by atoms with E-state index in [0.717, 1.165) is 11.3 Å². The number of esters is 1. The second-order valence-corrected chi connectivity index (χ2v) is 8.34. The molecule has 11 heteroatoms. The van der Waals surface area contributed by atoms with Crippen LogP contribution >= 0.6 is 34.7 Å². The van der Waals surface area contributed by atoms with Gasteiger partial charge in [0.2, 0.25) is 5.13 Å². The Morgan fingerprint density at radius 2 is 2.25 bits per heavy atom. The van der Waals surface area contributed by atoms with E-state index in [2.05, 4.69) is 26.1 Å². The number of anilines is 2. The van der Waals surface area contributed by atoms with E-state index < -0.39 is 5.97 Å². The molecule has 148 valence electrons. The molecule has 0 atom stereocenters. The summed E-state index contributed by atoms with van der Waals surface area (Å²) in [6, 6.07) is 5.31. The monoisotopic (exact) mass is 439 g/mol. The van der Waals surface area contributed by atoms with Crippen molar-refractivity contribution >= 4 is 57.5 Å². The van der Waals surface area contributed by atoms with Gasteiger partial charge in [-0.1, -0.05) is 40.8 Å². The first-order valence-electron chi connectivity index (χ1n) is 8.39. The van der Waals surface area contributed by atoms with Gasteiger partial charge in [-0.05, 0) is 31.5 Å². The number of carbonyl (C=O) groups excluding carboxylic acids is 2. The third-order valence-electron chi connectivity index (χ3n) is 3.75. The van der Waals surface area contributed by atoms with Crippen molar-refractivity contribution in [3.63, 3.8) is 0 Å². The molecular formula is C17H18ClN5O3S2. The quantitative estimate of drug-likeness (QED) is 0.448. The van der Waals surface area contributed by atoms with E-state index in [9.17, 15) is 9.59 Å². The summed E-state index contributed by atoms with van der Waals surface area (Å²) in [5.41, 5.74) is 2.74. The molecule has 1 aromatic carbocycles. The standard InChI is InChI=1S/C17H18ClN5O3S2/c1-3-26-14(24)11-7-19-15(25)21-13(11)8-27-17-23-22-16(28-17)20-10-5-4-9(2)12(18)6-10/h4-6H,3,7-8H2,1-2H3,(H,20,22)(H2,19,21,25). The van der Waals surface area contributed by atoms with E-state index in [-0.39, 0.29) is 19.2 Å². The number of urea groups is 1. The number of nitrogens with zero attached hydrogens (tertiary/aromatic N) is 2. The number of thioether (sulfide) groups is 1. The van der Waals surface area contributed by atoms with Gasteiger partial charge in [0.25, 0.3) is 0 Å². The van der Waals surface area contributed by atoms with Crippen molar-refractivity contribution in [3.8, 4) is 0 Å². The molecule has 0 fully saturated rings. The number of hydrogen-bond acceptors (Lipinski definition) is 8. The molecule has 8 nitrogen and oxygen atoms in total. The summed E-state index contributed by atoms with van der Waals surface area (Å²) in [4.78, 5) is 23.7. The zero-order valence-corrected chi connectivity index (χ0v) is 17.6. The maximum absolute atomic E-state index is 12.1. The number of rotatable bonds is 7. The number of halogens is 1. The number of ether oxygens (including phenoxy) is 1. The lowest BCUT2D eigenvalue weighted by molar-refractivity contribution is -0.138. The van der Waals surface area contributed by atoms with Gasteiger partial charge in [0.1, 0.15) is 0 Å². The minimum absolute atomic E-state index is 0.137. The summed E-state index contributed by atoms with van der Waals surface area (Å²) in [7, 11) is 0. The van der Waals surface area contributed by atoms with Crippen LogP contribution in [0.4, 0.5) is 15.6 Å². The second kappa shape index (κ2) is 9.26. The van der Waals surface area contributed by atoms with Crippen LogP contribution in [0.25, 0.3) is 0 Å². The zero-order chi connectivity index (χ0) is 20.1. The number of aromatic nitrogens is 2. The molecule has 0 saturated carbocycles. The molecule has 0 saturated heterocycles. The van der Waals surface area contributed by atoms with E-state index >= 15 is 0 Å². The number of carbonyl (C=O) groups is 2. The number of benzene rings is 1. The van der Waals surface area contributed by atoms with Gasteiger partial charge in [-0.25, -0.2) is 9.59 Å². The number of hydrogen-bond donors (Lipinski definition) is 3. The number of nitrogens with one attached hydrogen (secondary N) is 3. The fourth-order valence-corrected chi connectivity index (χ4v) is 4.26. The van der Waals surface area contributed by atoms with E-state index in [1.807, 2.05) is 25.1 Å². The van der Waals surface area contributed by atoms with Crippen LogP contribution in [0.1, 0.15) is 12.5 Å². The number of aryl methyl sites for hydroxylation is 1. The van der Waals surface area contributed by atoms with Gasteiger partial charge in [0.15, 0.2) is 4.34 Å². The summed E-state index contributed by atoms with van der Waals surface area (Å²) in [5.74, 6) is -0.0755. The molecule has 28 heavy (non-hydrogen) atoms. The first-order chi connectivity index (χ1) is 13.5. The highest BCUT2D eigenvalue weighted by atomic mass is 35.5. The predicted octanol–water partition coefficient (Wildman–Crippen LogP) is 3.47. The van der Waals surface area contributed by atoms with Crippen LogP contribution in [0.2, 0.25) is 5.02 Å². The van der Waals surface area contributed by atoms with Crippen LogP contribution in [0.5, 0.6) is 0 Å². The van der Waals surface area contributed by atoms with Gasteiger partial charge in [0, 0.05) is 22.2 Å². The summed E-state index contributed by atoms with van der Waals surface area (Å²) in [6.07, 6.45) is 0. The molecule has 2 aromatic rings. The Bertz CT molecular complexity index is 931. The zero-order valence-electron chi connectivity index (χ0n) is 15.2. The van der Waals surface area contributed by atoms with E-state index in [1.54, 1.807) is 6.92 Å². The maximum atomic E-state index is 12.1. The van der Waals surface area contributed by atoms with Gasteiger partial charge in [-0.2, -0.15) is 0 Å². The molecule has 1 aromatic heterocycles. The van der Waals surface area contributed by atoms with Crippen molar-refractivity contribution in [1.29, 1.82) is 0 Å². The minimum Gasteiger partial charge on any atom is -0.463 e. The maximum Gasteiger partial charge on any atom is 0.337 e. The van der Waals surface area contributed by atoms with Crippen LogP contribution in [-0.4, -0.2) is 41.1 Å². The van der Waals surface area contributed by atoms with Crippen LogP contribution < -0.4 is 16.0 Å². The summed E-state index contributed by atoms with van der Waals surface area (Å²) in [6.45, 7) is 4.08. The fourth-order valence-electron chi connectivity index (χ4n) is 2.32. The number of amides is 2. The molecular weight excluding hydrogens is 422 g/mol. The Kier molecular flexibility index (Phi) is 6.76. The predicted molar refractivity (Wildman–Crippen MR) is 110 cm³/mol. The van der Waals surface area contributed by atoms with Crippen LogP contribution in [-0.2, 0) is 9.53 Å². The van der Waals surface area contributed by atoms with Crippen molar-refractivity contribution < 1.29 is 14.3 Å². The molecule has 1 aliphatic heterocycles. The Balaban J connectivity index is 1.66. The van der Waals surface area contributed by atoms with Gasteiger partial charge >= 0.3 is 12.0 Å². The van der Waals surface area contributed by atoms with Gasteiger partial charge in [0.05, 0.1) is 18.7 Å². The van der Waals surface area contributed by atoms with Crippen LogP contribution in [0.3, 0.4) is 0 Å². The Morgan fingerprint density at radius 3 is 3.00 bits per heavy atom. The van der Waals surface area contributed by atoms with Crippen molar-refractivity contribution in [2.75, 3.05) is 24.2 Å². The lowest BCUT2D eigenvalue weighted by Crippen LogP contribution is -2.44. The normalized spacial score (nSPS) is 13.8. The first-order valence-corrected chi connectivity index (χ1v) is 10.6. The molecule has 1 aliphatic rings. The van der Waals surface area contributed by atoms with Crippen molar-refractivity contribution in [3.05, 3.63) is 40.1 Å². The average molecular weight is 440 g/mol. The molecule has 0 aliphatic carbocycles. The summed E-state index contributed by atoms with van der Waals surface area (Å²) >= 11 is 8.88. The Hall–Kier alpha value is -2.30. The molecule has 0 bridgehead atoms. The molecule has 0 unspecified atom stereocenters. The van der Waals surface area contributed by atoms with Crippen LogP contribution in [0.15, 0.2) is 33.8 Å². The second-order valence-electron chi connectivity index (χ2n) is 5.74. The Labute approximate surface area is 175 Å². The van der Waals surface area contributed by atoms with E-state index in [1.165, 1.54) is 23.1 Å².